The van der Waals surface area contributed by atoms with Gasteiger partial charge in [0.1, 0.15) is 4.88 Å². The van der Waals surface area contributed by atoms with E-state index in [1.165, 1.54) is 18.4 Å². The third kappa shape index (κ3) is 5.06. The summed E-state index contributed by atoms with van der Waals surface area (Å²) in [6, 6.07) is 1.71. The molecule has 0 aliphatic carbocycles. The first-order valence-corrected chi connectivity index (χ1v) is 6.99. The topological polar surface area (TPSA) is 55.4 Å². The van der Waals surface area contributed by atoms with Crippen molar-refractivity contribution >= 4 is 34.8 Å². The zero-order chi connectivity index (χ0) is 13.4. The zero-order valence-corrected chi connectivity index (χ0v) is 11.8. The zero-order valence-electron chi connectivity index (χ0n) is 10.2. The highest BCUT2D eigenvalue weighted by molar-refractivity contribution is 7.12. The summed E-state index contributed by atoms with van der Waals surface area (Å²) >= 11 is 7.17. The van der Waals surface area contributed by atoms with Crippen molar-refractivity contribution in [2.24, 2.45) is 0 Å². The van der Waals surface area contributed by atoms with Gasteiger partial charge >= 0.3 is 5.97 Å². The van der Waals surface area contributed by atoms with E-state index in [9.17, 15) is 9.59 Å². The SMILES string of the molecule is COC(=O)CCCCCNC(=O)c1sccc1Cl. The number of esters is 1. The largest absolute Gasteiger partial charge is 0.469 e. The van der Waals surface area contributed by atoms with Crippen molar-refractivity contribution in [3.05, 3.63) is 21.3 Å². The standard InChI is InChI=1S/C12H16ClNO3S/c1-17-10(15)5-3-2-4-7-14-12(16)11-9(13)6-8-18-11/h6,8H,2-5,7H2,1H3,(H,14,16). The van der Waals surface area contributed by atoms with Gasteiger partial charge in [0, 0.05) is 13.0 Å². The molecule has 1 amide bonds. The van der Waals surface area contributed by atoms with E-state index < -0.39 is 0 Å². The first kappa shape index (κ1) is 15.0. The van der Waals surface area contributed by atoms with Crippen LogP contribution in [0.4, 0.5) is 0 Å². The molecule has 0 aliphatic rings. The molecule has 0 atom stereocenters. The van der Waals surface area contributed by atoms with E-state index in [0.717, 1.165) is 19.3 Å². The second kappa shape index (κ2) is 8.11. The van der Waals surface area contributed by atoms with Gasteiger partial charge in [0.05, 0.1) is 12.1 Å². The molecule has 0 unspecified atom stereocenters. The molecule has 100 valence electrons. The van der Waals surface area contributed by atoms with E-state index in [0.29, 0.717) is 22.9 Å². The van der Waals surface area contributed by atoms with Gasteiger partial charge in [-0.1, -0.05) is 18.0 Å². The maximum atomic E-state index is 11.7. The Hall–Kier alpha value is -1.07. The van der Waals surface area contributed by atoms with Gasteiger partial charge in [0.15, 0.2) is 0 Å². The van der Waals surface area contributed by atoms with Gasteiger partial charge in [0.2, 0.25) is 0 Å². The molecule has 1 N–H and O–H groups in total. The van der Waals surface area contributed by atoms with Crippen molar-refractivity contribution in [1.29, 1.82) is 0 Å². The lowest BCUT2D eigenvalue weighted by Gasteiger charge is -2.04. The molecule has 0 aliphatic heterocycles. The molecule has 0 radical (unpaired) electrons. The summed E-state index contributed by atoms with van der Waals surface area (Å²) in [4.78, 5) is 23.0. The number of nitrogens with one attached hydrogen (secondary N) is 1. The third-order valence-corrected chi connectivity index (χ3v) is 3.73. The molecular formula is C12H16ClNO3S. The number of thiophene rings is 1. The number of carbonyl (C=O) groups excluding carboxylic acids is 2. The van der Waals surface area contributed by atoms with Gasteiger partial charge in [-0.15, -0.1) is 11.3 Å². The molecule has 6 heteroatoms. The van der Waals surface area contributed by atoms with Crippen LogP contribution in [0.25, 0.3) is 0 Å². The predicted molar refractivity (Wildman–Crippen MR) is 72.1 cm³/mol. The fourth-order valence-electron chi connectivity index (χ4n) is 1.41. The summed E-state index contributed by atoms with van der Waals surface area (Å²) in [7, 11) is 1.38. The molecular weight excluding hydrogens is 274 g/mol. The second-order valence-corrected chi connectivity index (χ2v) is 5.06. The molecule has 0 saturated carbocycles. The van der Waals surface area contributed by atoms with Gasteiger partial charge < -0.3 is 10.1 Å². The quantitative estimate of drug-likeness (QED) is 0.620. The van der Waals surface area contributed by atoms with Crippen molar-refractivity contribution in [2.75, 3.05) is 13.7 Å². The molecule has 4 nitrogen and oxygen atoms in total. The minimum absolute atomic E-state index is 0.136. The molecule has 0 spiro atoms. The first-order chi connectivity index (χ1) is 8.65. The molecule has 1 aromatic heterocycles. The van der Waals surface area contributed by atoms with Crippen molar-refractivity contribution < 1.29 is 14.3 Å². The monoisotopic (exact) mass is 289 g/mol. The van der Waals surface area contributed by atoms with E-state index in [1.54, 1.807) is 11.4 Å². The van der Waals surface area contributed by atoms with Crippen molar-refractivity contribution in [1.82, 2.24) is 5.32 Å². The number of unbranched alkanes of at least 4 members (excludes halogenated alkanes) is 2. The Morgan fingerprint density at radius 1 is 1.39 bits per heavy atom. The number of amides is 1. The second-order valence-electron chi connectivity index (χ2n) is 3.74. The van der Waals surface area contributed by atoms with E-state index in [4.69, 9.17) is 11.6 Å². The summed E-state index contributed by atoms with van der Waals surface area (Å²) in [6.45, 7) is 0.592. The van der Waals surface area contributed by atoms with Crippen LogP contribution in [-0.2, 0) is 9.53 Å². The molecule has 18 heavy (non-hydrogen) atoms. The summed E-state index contributed by atoms with van der Waals surface area (Å²) in [5.74, 6) is -0.327. The van der Waals surface area contributed by atoms with Crippen LogP contribution >= 0.6 is 22.9 Å². The molecule has 1 rings (SSSR count). The van der Waals surface area contributed by atoms with Gasteiger partial charge in [-0.25, -0.2) is 0 Å². The van der Waals surface area contributed by atoms with Gasteiger partial charge in [-0.05, 0) is 24.3 Å². The fraction of sp³-hybridized carbons (Fsp3) is 0.500. The summed E-state index contributed by atoms with van der Waals surface area (Å²) in [5.41, 5.74) is 0. The van der Waals surface area contributed by atoms with Crippen LogP contribution in [0.3, 0.4) is 0 Å². The molecule has 1 heterocycles. The number of carbonyl (C=O) groups is 2. The van der Waals surface area contributed by atoms with E-state index >= 15 is 0 Å². The van der Waals surface area contributed by atoms with Gasteiger partial charge in [0.25, 0.3) is 5.91 Å². The van der Waals surface area contributed by atoms with Crippen LogP contribution in [0.1, 0.15) is 35.4 Å². The number of rotatable bonds is 7. The Kier molecular flexibility index (Phi) is 6.75. The Labute approximate surface area is 115 Å². The lowest BCUT2D eigenvalue weighted by molar-refractivity contribution is -0.140. The average molecular weight is 290 g/mol. The van der Waals surface area contributed by atoms with Crippen LogP contribution < -0.4 is 5.32 Å². The fourth-order valence-corrected chi connectivity index (χ4v) is 2.47. The molecule has 0 aromatic carbocycles. The molecule has 0 saturated heterocycles. The minimum atomic E-state index is -0.190. The van der Waals surface area contributed by atoms with E-state index in [2.05, 4.69) is 10.1 Å². The Morgan fingerprint density at radius 2 is 2.17 bits per heavy atom. The number of ether oxygens (including phenoxy) is 1. The highest BCUT2D eigenvalue weighted by Crippen LogP contribution is 2.21. The smallest absolute Gasteiger partial charge is 0.305 e. The van der Waals surface area contributed by atoms with Gasteiger partial charge in [-0.2, -0.15) is 0 Å². The van der Waals surface area contributed by atoms with Crippen LogP contribution in [0.15, 0.2) is 11.4 Å². The lowest BCUT2D eigenvalue weighted by Crippen LogP contribution is -2.23. The van der Waals surface area contributed by atoms with Gasteiger partial charge in [-0.3, -0.25) is 9.59 Å². The average Bonchev–Trinajstić information content (AvgIpc) is 2.79. The number of hydrogen-bond donors (Lipinski definition) is 1. The summed E-state index contributed by atoms with van der Waals surface area (Å²) in [5, 5.41) is 5.07. The van der Waals surface area contributed by atoms with Crippen LogP contribution in [-0.4, -0.2) is 25.5 Å². The van der Waals surface area contributed by atoms with Crippen LogP contribution in [0.2, 0.25) is 5.02 Å². The number of halogens is 1. The first-order valence-electron chi connectivity index (χ1n) is 5.73. The summed E-state index contributed by atoms with van der Waals surface area (Å²) < 4.78 is 4.54. The van der Waals surface area contributed by atoms with E-state index in [1.807, 2.05) is 0 Å². The minimum Gasteiger partial charge on any atom is -0.469 e. The lowest BCUT2D eigenvalue weighted by atomic mass is 10.2. The van der Waals surface area contributed by atoms with Crippen molar-refractivity contribution in [3.8, 4) is 0 Å². The molecule has 1 aromatic rings. The molecule has 0 bridgehead atoms. The van der Waals surface area contributed by atoms with Crippen LogP contribution in [0, 0.1) is 0 Å². The summed E-state index contributed by atoms with van der Waals surface area (Å²) in [6.07, 6.45) is 2.93. The third-order valence-electron chi connectivity index (χ3n) is 2.39. The normalized spacial score (nSPS) is 10.1. The van der Waals surface area contributed by atoms with E-state index in [-0.39, 0.29) is 11.9 Å². The maximum Gasteiger partial charge on any atom is 0.305 e. The number of hydrogen-bond acceptors (Lipinski definition) is 4. The Bertz CT molecular complexity index is 406. The van der Waals surface area contributed by atoms with Crippen molar-refractivity contribution in [2.45, 2.75) is 25.7 Å². The number of methoxy groups -OCH3 is 1. The Balaban J connectivity index is 2.10. The van der Waals surface area contributed by atoms with Crippen molar-refractivity contribution in [3.63, 3.8) is 0 Å². The highest BCUT2D eigenvalue weighted by Gasteiger charge is 2.10. The Morgan fingerprint density at radius 3 is 2.78 bits per heavy atom. The maximum absolute atomic E-state index is 11.7. The van der Waals surface area contributed by atoms with Crippen LogP contribution in [0.5, 0.6) is 0 Å². The highest BCUT2D eigenvalue weighted by atomic mass is 35.5. The molecule has 0 fully saturated rings. The predicted octanol–water partition coefficient (Wildman–Crippen LogP) is 2.86.